The van der Waals surface area contributed by atoms with Gasteiger partial charge in [0.05, 0.1) is 6.61 Å². The number of nitrogens with one attached hydrogen (secondary N) is 1. The highest BCUT2D eigenvalue weighted by Gasteiger charge is 2.50. The maximum absolute atomic E-state index is 13.1. The number of hydrogen-bond donors (Lipinski definition) is 1. The second-order valence-corrected chi connectivity index (χ2v) is 9.01. The van der Waals surface area contributed by atoms with E-state index in [2.05, 4.69) is 19.2 Å². The van der Waals surface area contributed by atoms with Crippen LogP contribution in [0.2, 0.25) is 0 Å². The van der Waals surface area contributed by atoms with Gasteiger partial charge in [0, 0.05) is 36.3 Å². The molecule has 0 radical (unpaired) electrons. The fourth-order valence-electron chi connectivity index (χ4n) is 4.84. The van der Waals surface area contributed by atoms with Crippen molar-refractivity contribution in [3.63, 3.8) is 0 Å². The third-order valence-electron chi connectivity index (χ3n) is 6.27. The average molecular weight is 449 g/mol. The maximum Gasteiger partial charge on any atom is 0.335 e. The van der Waals surface area contributed by atoms with Crippen molar-refractivity contribution in [2.45, 2.75) is 45.8 Å². The number of ether oxygens (including phenoxy) is 2. The minimum absolute atomic E-state index is 0.154. The monoisotopic (exact) mass is 448 g/mol. The van der Waals surface area contributed by atoms with Crippen molar-refractivity contribution in [3.05, 3.63) is 76.9 Å². The number of para-hydroxylation sites is 1. The van der Waals surface area contributed by atoms with Gasteiger partial charge in [-0.05, 0) is 37.3 Å². The summed E-state index contributed by atoms with van der Waals surface area (Å²) < 4.78 is 11.8. The Kier molecular flexibility index (Phi) is 6.72. The Morgan fingerprint density at radius 1 is 1.15 bits per heavy atom. The summed E-state index contributed by atoms with van der Waals surface area (Å²) in [6, 6.07) is 17.5. The molecule has 0 saturated heterocycles. The number of nitrogens with zero attached hydrogens (tertiary/aromatic N) is 1. The molecule has 0 bridgehead atoms. The Morgan fingerprint density at radius 3 is 2.61 bits per heavy atom. The molecule has 4 rings (SSSR count). The molecule has 0 spiro atoms. The van der Waals surface area contributed by atoms with Crippen LogP contribution in [0, 0.1) is 5.92 Å². The van der Waals surface area contributed by atoms with Crippen LogP contribution >= 0.6 is 0 Å². The Bertz CT molecular complexity index is 1050. The molecular formula is C27H32N2O4. The van der Waals surface area contributed by atoms with E-state index in [1.54, 1.807) is 4.90 Å². The number of carbonyl (C=O) groups excluding carboxylic acids is 2. The first-order valence-corrected chi connectivity index (χ1v) is 11.7. The van der Waals surface area contributed by atoms with Crippen LogP contribution in [0.4, 0.5) is 4.79 Å². The molecular weight excluding hydrogens is 416 g/mol. The van der Waals surface area contributed by atoms with Gasteiger partial charge < -0.3 is 19.7 Å². The van der Waals surface area contributed by atoms with Crippen LogP contribution in [0.15, 0.2) is 65.7 Å². The minimum atomic E-state index is -0.817. The normalized spacial score (nSPS) is 20.0. The summed E-state index contributed by atoms with van der Waals surface area (Å²) in [7, 11) is 0. The van der Waals surface area contributed by atoms with Crippen molar-refractivity contribution in [2.24, 2.45) is 5.92 Å². The number of benzene rings is 2. The highest BCUT2D eigenvalue weighted by molar-refractivity contribution is 5.94. The van der Waals surface area contributed by atoms with E-state index >= 15 is 0 Å². The van der Waals surface area contributed by atoms with Crippen molar-refractivity contribution in [3.8, 4) is 5.75 Å². The van der Waals surface area contributed by atoms with Crippen LogP contribution in [0.3, 0.4) is 0 Å². The fourth-order valence-corrected chi connectivity index (χ4v) is 4.84. The Balaban J connectivity index is 1.55. The van der Waals surface area contributed by atoms with Gasteiger partial charge in [0.2, 0.25) is 0 Å². The molecule has 2 aliphatic heterocycles. The molecule has 174 valence electrons. The summed E-state index contributed by atoms with van der Waals surface area (Å²) in [4.78, 5) is 27.7. The highest BCUT2D eigenvalue weighted by Crippen LogP contribution is 2.48. The lowest BCUT2D eigenvalue weighted by atomic mass is 9.77. The van der Waals surface area contributed by atoms with Gasteiger partial charge in [0.15, 0.2) is 5.60 Å². The molecule has 2 aromatic rings. The Hall–Kier alpha value is -3.28. The molecule has 2 heterocycles. The molecule has 2 aromatic carbocycles. The number of amides is 2. The van der Waals surface area contributed by atoms with E-state index in [1.807, 2.05) is 61.5 Å². The van der Waals surface area contributed by atoms with E-state index in [9.17, 15) is 9.59 Å². The molecule has 2 aliphatic rings. The van der Waals surface area contributed by atoms with E-state index in [4.69, 9.17) is 9.47 Å². The van der Waals surface area contributed by atoms with Crippen LogP contribution in [0.5, 0.6) is 5.75 Å². The molecule has 6 nitrogen and oxygen atoms in total. The van der Waals surface area contributed by atoms with Gasteiger partial charge in [0.1, 0.15) is 5.75 Å². The van der Waals surface area contributed by atoms with Gasteiger partial charge in [-0.1, -0.05) is 62.4 Å². The number of rotatable bonds is 7. The molecule has 0 aliphatic carbocycles. The standard InChI is InChI=1S/C27H32N2O4/c1-4-32-24-13-9-8-10-20(24)17-28-26(31)29-15-14-22-23(18-29)27(16-19(2)3,33-25(22)30)21-11-6-5-7-12-21/h5-13,19H,4,14-18H2,1-3H3,(H,28,31). The average Bonchev–Trinajstić information content (AvgIpc) is 3.10. The molecule has 1 unspecified atom stereocenters. The number of esters is 1. The zero-order valence-corrected chi connectivity index (χ0v) is 19.6. The number of cyclic esters (lactones) is 1. The zero-order valence-electron chi connectivity index (χ0n) is 19.6. The quantitative estimate of drug-likeness (QED) is 0.618. The lowest BCUT2D eigenvalue weighted by molar-refractivity contribution is -0.149. The van der Waals surface area contributed by atoms with E-state index in [0.29, 0.717) is 45.0 Å². The molecule has 6 heteroatoms. The molecule has 0 saturated carbocycles. The predicted octanol–water partition coefficient (Wildman–Crippen LogP) is 4.80. The summed E-state index contributed by atoms with van der Waals surface area (Å²) in [5, 5.41) is 3.03. The lowest BCUT2D eigenvalue weighted by Gasteiger charge is -2.37. The van der Waals surface area contributed by atoms with Gasteiger partial charge in [0.25, 0.3) is 0 Å². The van der Waals surface area contributed by atoms with Crippen molar-refractivity contribution in [1.82, 2.24) is 10.2 Å². The predicted molar refractivity (Wildman–Crippen MR) is 127 cm³/mol. The van der Waals surface area contributed by atoms with E-state index < -0.39 is 5.60 Å². The maximum atomic E-state index is 13.1. The first-order chi connectivity index (χ1) is 15.9. The summed E-state index contributed by atoms with van der Waals surface area (Å²) in [5.74, 6) is 0.836. The van der Waals surface area contributed by atoms with E-state index in [-0.39, 0.29) is 12.0 Å². The molecule has 0 fully saturated rings. The summed E-state index contributed by atoms with van der Waals surface area (Å²) in [5.41, 5.74) is 2.73. The molecule has 1 N–H and O–H groups in total. The molecule has 1 atom stereocenters. The second-order valence-electron chi connectivity index (χ2n) is 9.01. The molecule has 33 heavy (non-hydrogen) atoms. The van der Waals surface area contributed by atoms with Crippen LogP contribution in [-0.4, -0.2) is 36.6 Å². The van der Waals surface area contributed by atoms with Gasteiger partial charge in [-0.3, -0.25) is 0 Å². The number of urea groups is 1. The largest absolute Gasteiger partial charge is 0.494 e. The summed E-state index contributed by atoms with van der Waals surface area (Å²) in [6.45, 7) is 8.00. The van der Waals surface area contributed by atoms with Gasteiger partial charge in [-0.15, -0.1) is 0 Å². The Labute approximate surface area is 195 Å². The minimum Gasteiger partial charge on any atom is -0.494 e. The summed E-state index contributed by atoms with van der Waals surface area (Å²) >= 11 is 0. The number of carbonyl (C=O) groups is 2. The highest BCUT2D eigenvalue weighted by atomic mass is 16.6. The lowest BCUT2D eigenvalue weighted by Crippen LogP contribution is -2.46. The van der Waals surface area contributed by atoms with Gasteiger partial charge in [-0.2, -0.15) is 0 Å². The van der Waals surface area contributed by atoms with Crippen LogP contribution < -0.4 is 10.1 Å². The number of hydrogen-bond acceptors (Lipinski definition) is 4. The molecule has 0 aromatic heterocycles. The topological polar surface area (TPSA) is 67.9 Å². The SMILES string of the molecule is CCOc1ccccc1CNC(=O)N1CCC2=C(C1)C(CC(C)C)(c1ccccc1)OC2=O. The first-order valence-electron chi connectivity index (χ1n) is 11.7. The molecule has 2 amide bonds. The van der Waals surface area contributed by atoms with Gasteiger partial charge >= 0.3 is 12.0 Å². The van der Waals surface area contributed by atoms with Crippen molar-refractivity contribution < 1.29 is 19.1 Å². The van der Waals surface area contributed by atoms with E-state index in [1.165, 1.54) is 0 Å². The van der Waals surface area contributed by atoms with Crippen LogP contribution in [-0.2, 0) is 21.7 Å². The smallest absolute Gasteiger partial charge is 0.335 e. The first kappa shape index (κ1) is 22.9. The van der Waals surface area contributed by atoms with Crippen molar-refractivity contribution >= 4 is 12.0 Å². The van der Waals surface area contributed by atoms with Crippen molar-refractivity contribution in [2.75, 3.05) is 19.7 Å². The van der Waals surface area contributed by atoms with E-state index in [0.717, 1.165) is 28.0 Å². The fraction of sp³-hybridized carbons (Fsp3) is 0.407. The van der Waals surface area contributed by atoms with Crippen LogP contribution in [0.25, 0.3) is 0 Å². The summed E-state index contributed by atoms with van der Waals surface area (Å²) in [6.07, 6.45) is 1.18. The third kappa shape index (κ3) is 4.61. The second kappa shape index (κ2) is 9.69. The zero-order chi connectivity index (χ0) is 23.4. The van der Waals surface area contributed by atoms with Gasteiger partial charge in [-0.25, -0.2) is 9.59 Å². The third-order valence-corrected chi connectivity index (χ3v) is 6.27. The Morgan fingerprint density at radius 2 is 1.88 bits per heavy atom. The van der Waals surface area contributed by atoms with Crippen LogP contribution in [0.1, 0.15) is 44.7 Å². The van der Waals surface area contributed by atoms with Crippen molar-refractivity contribution in [1.29, 1.82) is 0 Å².